The largest absolute Gasteiger partial charge is 0.349 e. The number of carbonyl (C=O) groups excluding carboxylic acids is 2. The fourth-order valence-corrected chi connectivity index (χ4v) is 4.60. The number of imidazole rings is 2. The molecule has 238 valence electrons. The van der Waals surface area contributed by atoms with Gasteiger partial charge in [0.25, 0.3) is 0 Å². The van der Waals surface area contributed by atoms with Crippen LogP contribution in [0.1, 0.15) is 89.2 Å². The lowest BCUT2D eigenvalue weighted by molar-refractivity contribution is 0.0854. The Labute approximate surface area is 271 Å². The maximum Gasteiger partial charge on any atom is 0.171 e. The van der Waals surface area contributed by atoms with Gasteiger partial charge in [-0.05, 0) is 15.9 Å². The van der Waals surface area contributed by atoms with E-state index in [1.165, 1.54) is 0 Å². The van der Waals surface area contributed by atoms with Crippen molar-refractivity contribution in [3.8, 4) is 5.82 Å². The van der Waals surface area contributed by atoms with Crippen molar-refractivity contribution < 1.29 is 11.0 Å². The van der Waals surface area contributed by atoms with Crippen molar-refractivity contribution in [1.82, 2.24) is 49.4 Å². The minimum absolute atomic E-state index is 0. The van der Waals surface area contributed by atoms with E-state index in [9.17, 15) is 9.59 Å². The third-order valence-corrected chi connectivity index (χ3v) is 7.12. The second kappa shape index (κ2) is 13.6. The number of aromatic nitrogens is 10. The Morgan fingerprint density at radius 1 is 0.778 bits per heavy atom. The van der Waals surface area contributed by atoms with Crippen molar-refractivity contribution in [2.24, 2.45) is 10.8 Å². The smallest absolute Gasteiger partial charge is 0.171 e. The summed E-state index contributed by atoms with van der Waals surface area (Å²) in [5.74, 6) is 2.75. The Kier molecular flexibility index (Phi) is 10.1. The van der Waals surface area contributed by atoms with Crippen LogP contribution in [0.4, 0.5) is 0 Å². The van der Waals surface area contributed by atoms with E-state index in [2.05, 4.69) is 67.7 Å². The van der Waals surface area contributed by atoms with Gasteiger partial charge in [0.1, 0.15) is 27.3 Å². The van der Waals surface area contributed by atoms with E-state index in [0.717, 1.165) is 24.5 Å². The number of hydrogen-bond acceptors (Lipinski definition) is 8. The molecule has 6 aromatic rings. The zero-order valence-electron chi connectivity index (χ0n) is 26.9. The predicted octanol–water partition coefficient (Wildman–Crippen LogP) is 7.10. The van der Waals surface area contributed by atoms with Gasteiger partial charge >= 0.3 is 0 Å². The van der Waals surface area contributed by atoms with Gasteiger partial charge in [-0.15, -0.1) is 0 Å². The van der Waals surface area contributed by atoms with Crippen LogP contribution in [0.25, 0.3) is 28.1 Å². The van der Waals surface area contributed by atoms with Crippen LogP contribution < -0.4 is 0 Å². The van der Waals surface area contributed by atoms with Gasteiger partial charge in [0, 0.05) is 62.3 Å². The Bertz CT molecular complexity index is 1910. The van der Waals surface area contributed by atoms with Crippen LogP contribution in [0, 0.1) is 10.8 Å². The van der Waals surface area contributed by atoms with E-state index < -0.39 is 10.8 Å². The summed E-state index contributed by atoms with van der Waals surface area (Å²) in [5, 5.41) is 0. The molecule has 6 aromatic heterocycles. The average Bonchev–Trinajstić information content (AvgIpc) is 3.82. The molecule has 45 heavy (non-hydrogen) atoms. The Morgan fingerprint density at radius 2 is 1.36 bits per heavy atom. The summed E-state index contributed by atoms with van der Waals surface area (Å²) in [4.78, 5) is 59.4. The Hall–Kier alpha value is -4.52. The molecule has 0 aliphatic carbocycles. The van der Waals surface area contributed by atoms with Crippen LogP contribution in [0.15, 0.2) is 54.2 Å². The van der Waals surface area contributed by atoms with E-state index in [1.54, 1.807) is 37.2 Å². The molecular formula is C32H41BrN10O2. The molecule has 3 N–H and O–H groups in total. The van der Waals surface area contributed by atoms with Crippen LogP contribution in [0.5, 0.6) is 0 Å². The number of fused-ring (bicyclic) bond motifs is 2. The lowest BCUT2D eigenvalue weighted by atomic mass is 9.87. The van der Waals surface area contributed by atoms with E-state index in [4.69, 9.17) is 0 Å². The molecule has 0 bridgehead atoms. The lowest BCUT2D eigenvalue weighted by Crippen LogP contribution is -2.20. The van der Waals surface area contributed by atoms with E-state index in [1.807, 2.05) is 65.4 Å². The summed E-state index contributed by atoms with van der Waals surface area (Å²) < 4.78 is 2.52. The number of carbonyl (C=O) groups is 2. The minimum atomic E-state index is -0.462. The highest BCUT2D eigenvalue weighted by molar-refractivity contribution is 9.10. The molecule has 0 aromatic carbocycles. The third kappa shape index (κ3) is 7.77. The standard InChI is InChI=1S/C16H19N5O.C11H12BrN3O.C5H8N2.H2/c1-5-11-17-6-7-21(11)12-9-19-15-13(20-12)10(8-18-15)14(22)16(2,3)4;1-11(2,3)9(16)6-4-13-10-8(6)15-7(12)5-14-10;1-2-5-6-3-4-7-5;/h6-9H,5H2,1-4H3,(H,18,19);4-5H,1-3H3,(H,13,14);3-4H,2H2,1H3,(H,6,7);1H/i;;;1+1. The van der Waals surface area contributed by atoms with Crippen LogP contribution in [-0.2, 0) is 12.8 Å². The summed E-state index contributed by atoms with van der Waals surface area (Å²) in [6.45, 7) is 15.5. The fraction of sp³-hybridized carbons (Fsp3) is 0.375. The van der Waals surface area contributed by atoms with Gasteiger partial charge in [-0.1, -0.05) is 55.4 Å². The fourth-order valence-electron chi connectivity index (χ4n) is 4.32. The molecule has 0 saturated heterocycles. The van der Waals surface area contributed by atoms with E-state index in [-0.39, 0.29) is 13.0 Å². The highest BCUT2D eigenvalue weighted by atomic mass is 79.9. The summed E-state index contributed by atoms with van der Waals surface area (Å²) in [6, 6.07) is 0. The van der Waals surface area contributed by atoms with E-state index >= 15 is 0 Å². The number of nitrogens with one attached hydrogen (secondary N) is 3. The minimum Gasteiger partial charge on any atom is -0.349 e. The zero-order valence-corrected chi connectivity index (χ0v) is 28.4. The number of ketones is 2. The quantitative estimate of drug-likeness (QED) is 0.163. The summed E-state index contributed by atoms with van der Waals surface area (Å²) >= 11 is 3.25. The first-order chi connectivity index (χ1) is 21.2. The highest BCUT2D eigenvalue weighted by Gasteiger charge is 2.27. The third-order valence-electron chi connectivity index (χ3n) is 6.74. The number of nitrogens with zero attached hydrogens (tertiary/aromatic N) is 7. The molecule has 0 unspecified atom stereocenters. The molecule has 0 amide bonds. The zero-order chi connectivity index (χ0) is 32.9. The van der Waals surface area contributed by atoms with Gasteiger partial charge in [-0.3, -0.25) is 14.2 Å². The number of rotatable bonds is 5. The molecule has 0 atom stereocenters. The topological polar surface area (TPSA) is 164 Å². The SMILES string of the molecule is CC(C)(C)C(=O)c1c[nH]c2ncc(Br)nc12.CCc1ncc[nH]1.CCc1nccn1-c1cnc2[nH]cc(C(=O)C(C)(C)C)c2n1.[2HH]. The predicted molar refractivity (Wildman–Crippen MR) is 180 cm³/mol. The van der Waals surface area contributed by atoms with Crippen LogP contribution in [0.3, 0.4) is 0 Å². The van der Waals surface area contributed by atoms with Crippen LogP contribution in [0.2, 0.25) is 0 Å². The van der Waals surface area contributed by atoms with Gasteiger partial charge in [0.15, 0.2) is 28.7 Å². The molecule has 6 heterocycles. The second-order valence-electron chi connectivity index (χ2n) is 12.3. The molecule has 13 heteroatoms. The van der Waals surface area contributed by atoms with Crippen molar-refractivity contribution in [2.45, 2.75) is 68.2 Å². The average molecular weight is 679 g/mol. The molecule has 0 saturated carbocycles. The summed E-state index contributed by atoms with van der Waals surface area (Å²) in [5.41, 5.74) is 2.77. The van der Waals surface area contributed by atoms with Crippen molar-refractivity contribution in [2.75, 3.05) is 0 Å². The molecule has 0 aliphatic heterocycles. The van der Waals surface area contributed by atoms with Gasteiger partial charge in [0.05, 0.1) is 23.5 Å². The van der Waals surface area contributed by atoms with Gasteiger partial charge in [0.2, 0.25) is 0 Å². The van der Waals surface area contributed by atoms with Crippen LogP contribution >= 0.6 is 15.9 Å². The summed E-state index contributed by atoms with van der Waals surface area (Å²) in [7, 11) is 0. The molecule has 6 rings (SSSR count). The normalized spacial score (nSPS) is 11.6. The Morgan fingerprint density at radius 3 is 1.84 bits per heavy atom. The highest BCUT2D eigenvalue weighted by Crippen LogP contribution is 2.27. The van der Waals surface area contributed by atoms with Crippen molar-refractivity contribution >= 4 is 49.8 Å². The van der Waals surface area contributed by atoms with Crippen molar-refractivity contribution in [3.05, 3.63) is 77.0 Å². The monoisotopic (exact) mass is 677 g/mol. The first kappa shape index (κ1) is 33.4. The molecule has 0 fully saturated rings. The first-order valence-electron chi connectivity index (χ1n) is 14.7. The second-order valence-corrected chi connectivity index (χ2v) is 13.1. The molecule has 0 spiro atoms. The van der Waals surface area contributed by atoms with Crippen molar-refractivity contribution in [1.29, 1.82) is 0 Å². The number of aromatic amines is 3. The number of H-pyrrole nitrogens is 3. The number of hydrogen-bond donors (Lipinski definition) is 3. The van der Waals surface area contributed by atoms with Gasteiger partial charge in [-0.25, -0.2) is 29.9 Å². The molecule has 12 nitrogen and oxygen atoms in total. The lowest BCUT2D eigenvalue weighted by Gasteiger charge is -2.15. The van der Waals surface area contributed by atoms with Gasteiger partial charge < -0.3 is 15.0 Å². The van der Waals surface area contributed by atoms with Crippen molar-refractivity contribution in [3.63, 3.8) is 0 Å². The number of halogens is 1. The molecule has 0 aliphatic rings. The van der Waals surface area contributed by atoms with Gasteiger partial charge in [-0.2, -0.15) is 0 Å². The number of Topliss-reactive ketones (excluding diaryl/α,β-unsaturated/α-hetero) is 2. The maximum absolute atomic E-state index is 12.6. The first-order valence-corrected chi connectivity index (χ1v) is 15.5. The summed E-state index contributed by atoms with van der Waals surface area (Å²) in [6.07, 6.45) is 15.6. The molecular weight excluding hydrogens is 636 g/mol. The van der Waals surface area contributed by atoms with Crippen LogP contribution in [-0.4, -0.2) is 61.0 Å². The van der Waals surface area contributed by atoms with E-state index in [0.29, 0.717) is 43.9 Å². The Balaban J connectivity index is 0.000000210. The molecule has 0 radical (unpaired) electrons. The number of aryl methyl sites for hydroxylation is 2. The maximum atomic E-state index is 12.6.